The largest absolute Gasteiger partial charge is 0.366 e. The summed E-state index contributed by atoms with van der Waals surface area (Å²) in [7, 11) is 0. The molecule has 0 radical (unpaired) electrons. The van der Waals surface area contributed by atoms with Gasteiger partial charge in [-0.1, -0.05) is 59.9 Å². The zero-order valence-corrected chi connectivity index (χ0v) is 18.1. The number of amides is 2. The minimum atomic E-state index is -0.430. The molecule has 1 fully saturated rings. The number of anilines is 1. The molecule has 2 aromatic rings. The van der Waals surface area contributed by atoms with Crippen molar-refractivity contribution in [2.24, 2.45) is 5.92 Å². The standard InChI is InChI=1S/C22H19Cl3N2O2/c1-13-5-4-10-26(12-13)20-19(15-9-8-14(23)11-17(15)25)21(28)27(22(20)29)18-7-3-2-6-16(18)24/h2-3,6-9,11,13H,4-5,10,12H2,1H3. The molecule has 0 spiro atoms. The van der Waals surface area contributed by atoms with Crippen LogP contribution >= 0.6 is 34.8 Å². The maximum absolute atomic E-state index is 13.5. The molecule has 1 saturated heterocycles. The number of para-hydroxylation sites is 1. The molecule has 0 aliphatic carbocycles. The van der Waals surface area contributed by atoms with Crippen molar-refractivity contribution < 1.29 is 9.59 Å². The Morgan fingerprint density at radius 1 is 0.966 bits per heavy atom. The molecule has 29 heavy (non-hydrogen) atoms. The first-order chi connectivity index (χ1) is 13.9. The molecule has 0 aromatic heterocycles. The van der Waals surface area contributed by atoms with E-state index in [1.165, 1.54) is 0 Å². The van der Waals surface area contributed by atoms with Crippen molar-refractivity contribution in [3.63, 3.8) is 0 Å². The molecule has 7 heteroatoms. The van der Waals surface area contributed by atoms with Crippen LogP contribution in [-0.4, -0.2) is 29.8 Å². The number of carbonyl (C=O) groups excluding carboxylic acids is 2. The van der Waals surface area contributed by atoms with E-state index in [2.05, 4.69) is 6.92 Å². The Morgan fingerprint density at radius 2 is 1.72 bits per heavy atom. The highest BCUT2D eigenvalue weighted by molar-refractivity contribution is 6.49. The van der Waals surface area contributed by atoms with E-state index in [0.29, 0.717) is 56.6 Å². The lowest BCUT2D eigenvalue weighted by Gasteiger charge is -2.33. The summed E-state index contributed by atoms with van der Waals surface area (Å²) >= 11 is 18.8. The average Bonchev–Trinajstić information content (AvgIpc) is 2.93. The fourth-order valence-corrected chi connectivity index (χ4v) is 4.71. The van der Waals surface area contributed by atoms with E-state index in [1.807, 2.05) is 4.90 Å². The Morgan fingerprint density at radius 3 is 2.41 bits per heavy atom. The molecule has 0 bridgehead atoms. The fourth-order valence-electron chi connectivity index (χ4n) is 3.99. The molecule has 0 saturated carbocycles. The first-order valence-corrected chi connectivity index (χ1v) is 10.6. The van der Waals surface area contributed by atoms with Gasteiger partial charge in [-0.2, -0.15) is 0 Å². The Balaban J connectivity index is 1.88. The zero-order valence-electron chi connectivity index (χ0n) is 15.8. The van der Waals surface area contributed by atoms with E-state index < -0.39 is 5.91 Å². The molecule has 4 rings (SSSR count). The summed E-state index contributed by atoms with van der Waals surface area (Å²) in [6.07, 6.45) is 2.05. The predicted octanol–water partition coefficient (Wildman–Crippen LogP) is 5.66. The van der Waals surface area contributed by atoms with E-state index in [0.717, 1.165) is 17.7 Å². The highest BCUT2D eigenvalue weighted by Crippen LogP contribution is 2.40. The monoisotopic (exact) mass is 448 g/mol. The Labute approximate surface area is 184 Å². The number of imide groups is 1. The second kappa shape index (κ2) is 8.02. The van der Waals surface area contributed by atoms with Crippen molar-refractivity contribution in [2.75, 3.05) is 18.0 Å². The van der Waals surface area contributed by atoms with Gasteiger partial charge >= 0.3 is 0 Å². The molecule has 2 amide bonds. The van der Waals surface area contributed by atoms with Gasteiger partial charge in [0.15, 0.2) is 0 Å². The lowest BCUT2D eigenvalue weighted by atomic mass is 9.97. The van der Waals surface area contributed by atoms with Gasteiger partial charge in [-0.25, -0.2) is 4.90 Å². The third kappa shape index (κ3) is 3.65. The second-order valence-electron chi connectivity index (χ2n) is 7.44. The van der Waals surface area contributed by atoms with E-state index in [-0.39, 0.29) is 5.91 Å². The van der Waals surface area contributed by atoms with E-state index in [9.17, 15) is 9.59 Å². The SMILES string of the molecule is CC1CCCN(C2=C(c3ccc(Cl)cc3Cl)C(=O)N(c3ccccc3Cl)C2=O)C1. The number of hydrogen-bond acceptors (Lipinski definition) is 3. The van der Waals surface area contributed by atoms with Crippen molar-refractivity contribution in [1.82, 2.24) is 4.90 Å². The minimum Gasteiger partial charge on any atom is -0.366 e. The van der Waals surface area contributed by atoms with Gasteiger partial charge < -0.3 is 4.90 Å². The van der Waals surface area contributed by atoms with Crippen LogP contribution in [0.3, 0.4) is 0 Å². The van der Waals surface area contributed by atoms with Crippen LogP contribution in [0.2, 0.25) is 15.1 Å². The summed E-state index contributed by atoms with van der Waals surface area (Å²) in [6, 6.07) is 11.8. The van der Waals surface area contributed by atoms with Gasteiger partial charge in [0.25, 0.3) is 11.8 Å². The van der Waals surface area contributed by atoms with Crippen LogP contribution in [-0.2, 0) is 9.59 Å². The van der Waals surface area contributed by atoms with Gasteiger partial charge in [-0.05, 0) is 43.0 Å². The smallest absolute Gasteiger partial charge is 0.282 e. The molecule has 2 aliphatic rings. The predicted molar refractivity (Wildman–Crippen MR) is 117 cm³/mol. The van der Waals surface area contributed by atoms with Crippen molar-refractivity contribution in [2.45, 2.75) is 19.8 Å². The Bertz CT molecular complexity index is 1030. The van der Waals surface area contributed by atoms with Crippen molar-refractivity contribution in [3.8, 4) is 0 Å². The number of carbonyl (C=O) groups is 2. The van der Waals surface area contributed by atoms with Crippen LogP contribution in [0.4, 0.5) is 5.69 Å². The van der Waals surface area contributed by atoms with Crippen LogP contribution in [0.1, 0.15) is 25.3 Å². The molecule has 2 aliphatic heterocycles. The van der Waals surface area contributed by atoms with Crippen LogP contribution in [0.5, 0.6) is 0 Å². The van der Waals surface area contributed by atoms with Crippen molar-refractivity contribution >= 4 is 57.9 Å². The fraction of sp³-hybridized carbons (Fsp3) is 0.273. The maximum Gasteiger partial charge on any atom is 0.282 e. The number of rotatable bonds is 3. The summed E-state index contributed by atoms with van der Waals surface area (Å²) < 4.78 is 0. The van der Waals surface area contributed by atoms with Crippen LogP contribution in [0, 0.1) is 5.92 Å². The van der Waals surface area contributed by atoms with Crippen LogP contribution in [0.15, 0.2) is 48.2 Å². The molecular weight excluding hydrogens is 431 g/mol. The summed E-state index contributed by atoms with van der Waals surface area (Å²) in [5.41, 5.74) is 1.54. The summed E-state index contributed by atoms with van der Waals surface area (Å²) in [5, 5.41) is 1.13. The number of benzene rings is 2. The molecular formula is C22H19Cl3N2O2. The van der Waals surface area contributed by atoms with E-state index in [1.54, 1.807) is 42.5 Å². The minimum absolute atomic E-state index is 0.297. The molecule has 2 aromatic carbocycles. The van der Waals surface area contributed by atoms with E-state index >= 15 is 0 Å². The quantitative estimate of drug-likeness (QED) is 0.567. The van der Waals surface area contributed by atoms with Crippen molar-refractivity contribution in [3.05, 3.63) is 68.8 Å². The highest BCUT2D eigenvalue weighted by atomic mass is 35.5. The average molecular weight is 450 g/mol. The molecule has 2 heterocycles. The third-order valence-corrected chi connectivity index (χ3v) is 6.19. The summed E-state index contributed by atoms with van der Waals surface area (Å²) in [4.78, 5) is 30.2. The first-order valence-electron chi connectivity index (χ1n) is 9.46. The van der Waals surface area contributed by atoms with Gasteiger partial charge in [-0.3, -0.25) is 9.59 Å². The van der Waals surface area contributed by atoms with Gasteiger partial charge in [0.05, 0.1) is 21.3 Å². The Hall–Kier alpha value is -2.01. The molecule has 150 valence electrons. The topological polar surface area (TPSA) is 40.6 Å². The third-order valence-electron chi connectivity index (χ3n) is 5.33. The number of piperidine rings is 1. The zero-order chi connectivity index (χ0) is 20.7. The normalized spacial score (nSPS) is 20.1. The second-order valence-corrected chi connectivity index (χ2v) is 8.69. The number of hydrogen-bond donors (Lipinski definition) is 0. The first kappa shape index (κ1) is 20.3. The number of nitrogens with zero attached hydrogens (tertiary/aromatic N) is 2. The summed E-state index contributed by atoms with van der Waals surface area (Å²) in [5.74, 6) is -0.380. The van der Waals surface area contributed by atoms with Gasteiger partial charge in [0.1, 0.15) is 5.70 Å². The van der Waals surface area contributed by atoms with Crippen molar-refractivity contribution in [1.29, 1.82) is 0 Å². The van der Waals surface area contributed by atoms with Crippen LogP contribution < -0.4 is 4.90 Å². The lowest BCUT2D eigenvalue weighted by molar-refractivity contribution is -0.120. The maximum atomic E-state index is 13.5. The van der Waals surface area contributed by atoms with Gasteiger partial charge in [0, 0.05) is 23.7 Å². The van der Waals surface area contributed by atoms with E-state index in [4.69, 9.17) is 34.8 Å². The highest BCUT2D eigenvalue weighted by Gasteiger charge is 2.44. The molecule has 1 unspecified atom stereocenters. The molecule has 0 N–H and O–H groups in total. The van der Waals surface area contributed by atoms with Gasteiger partial charge in [-0.15, -0.1) is 0 Å². The van der Waals surface area contributed by atoms with Gasteiger partial charge in [0.2, 0.25) is 0 Å². The number of likely N-dealkylation sites (tertiary alicyclic amines) is 1. The number of halogens is 3. The van der Waals surface area contributed by atoms with Crippen LogP contribution in [0.25, 0.3) is 5.57 Å². The summed E-state index contributed by atoms with van der Waals surface area (Å²) in [6.45, 7) is 3.57. The molecule has 4 nitrogen and oxygen atoms in total. The molecule has 1 atom stereocenters. The lowest BCUT2D eigenvalue weighted by Crippen LogP contribution is -2.39. The Kier molecular flexibility index (Phi) is 5.60.